The lowest BCUT2D eigenvalue weighted by molar-refractivity contribution is -0.224. The van der Waals surface area contributed by atoms with Gasteiger partial charge < -0.3 is 5.73 Å². The summed E-state index contributed by atoms with van der Waals surface area (Å²) < 4.78 is 57.3. The molecule has 0 aromatic heterocycles. The molecule has 0 aliphatic carbocycles. The second-order valence-electron chi connectivity index (χ2n) is 4.71. The molecule has 0 unspecified atom stereocenters. The summed E-state index contributed by atoms with van der Waals surface area (Å²) in [6.07, 6.45) is 0.122. The van der Waals surface area contributed by atoms with Crippen molar-refractivity contribution in [3.8, 4) is 0 Å². The second-order valence-corrected chi connectivity index (χ2v) is 4.71. The molecule has 0 fully saturated rings. The Morgan fingerprint density at radius 3 is 1.91 bits per heavy atom. The highest BCUT2D eigenvalue weighted by Gasteiger charge is 2.58. The zero-order chi connectivity index (χ0) is 15.5. The highest BCUT2D eigenvalue weighted by atomic mass is 35.5. The molecule has 120 valence electrons. The summed E-state index contributed by atoms with van der Waals surface area (Å²) in [6.45, 7) is 0.115. The maximum absolute atomic E-state index is 14.4. The molecule has 0 saturated carbocycles. The van der Waals surface area contributed by atoms with Crippen molar-refractivity contribution in [3.63, 3.8) is 0 Å². The van der Waals surface area contributed by atoms with E-state index in [0.29, 0.717) is 0 Å². The summed E-state index contributed by atoms with van der Waals surface area (Å²) >= 11 is 0. The Bertz CT molecular complexity index is 602. The SMILES string of the molecule is Cl.NCCc1ccccc1C(F)(F)C(F)(F)c1ccccc1. The van der Waals surface area contributed by atoms with E-state index in [-0.39, 0.29) is 30.9 Å². The zero-order valence-corrected chi connectivity index (χ0v) is 12.4. The van der Waals surface area contributed by atoms with Gasteiger partial charge >= 0.3 is 11.8 Å². The van der Waals surface area contributed by atoms with Gasteiger partial charge in [-0.15, -0.1) is 12.4 Å². The van der Waals surface area contributed by atoms with Crippen molar-refractivity contribution in [2.24, 2.45) is 5.73 Å². The van der Waals surface area contributed by atoms with Crippen LogP contribution in [0.15, 0.2) is 54.6 Å². The summed E-state index contributed by atoms with van der Waals surface area (Å²) in [5, 5.41) is 0. The van der Waals surface area contributed by atoms with Crippen molar-refractivity contribution in [2.45, 2.75) is 18.3 Å². The smallest absolute Gasteiger partial charge is 0.330 e. The molecular weight excluding hydrogens is 318 g/mol. The lowest BCUT2D eigenvalue weighted by Gasteiger charge is -2.28. The molecule has 0 atom stereocenters. The first kappa shape index (κ1) is 18.5. The van der Waals surface area contributed by atoms with E-state index in [1.807, 2.05) is 0 Å². The third-order valence-electron chi connectivity index (χ3n) is 3.30. The highest BCUT2D eigenvalue weighted by Crippen LogP contribution is 2.50. The summed E-state index contributed by atoms with van der Waals surface area (Å²) in [4.78, 5) is 0. The minimum Gasteiger partial charge on any atom is -0.330 e. The van der Waals surface area contributed by atoms with Crippen LogP contribution in [-0.2, 0) is 18.3 Å². The minimum atomic E-state index is -4.31. The van der Waals surface area contributed by atoms with Crippen LogP contribution in [0.5, 0.6) is 0 Å². The number of hydrogen-bond donors (Lipinski definition) is 1. The summed E-state index contributed by atoms with van der Waals surface area (Å²) in [7, 11) is 0. The van der Waals surface area contributed by atoms with Crippen LogP contribution in [0.4, 0.5) is 17.6 Å². The Balaban J connectivity index is 0.00000242. The zero-order valence-electron chi connectivity index (χ0n) is 11.6. The molecule has 2 rings (SSSR count). The van der Waals surface area contributed by atoms with Gasteiger partial charge in [-0.3, -0.25) is 0 Å². The van der Waals surface area contributed by atoms with Gasteiger partial charge in [0.2, 0.25) is 0 Å². The average molecular weight is 334 g/mol. The Kier molecular flexibility index (Phi) is 5.97. The van der Waals surface area contributed by atoms with Gasteiger partial charge in [-0.1, -0.05) is 54.6 Å². The van der Waals surface area contributed by atoms with Crippen LogP contribution in [0, 0.1) is 0 Å². The molecule has 0 bridgehead atoms. The molecule has 22 heavy (non-hydrogen) atoms. The molecule has 0 aliphatic heterocycles. The fraction of sp³-hybridized carbons (Fsp3) is 0.250. The first-order chi connectivity index (χ1) is 9.91. The predicted molar refractivity (Wildman–Crippen MR) is 80.7 cm³/mol. The molecule has 0 saturated heterocycles. The summed E-state index contributed by atoms with van der Waals surface area (Å²) in [5.41, 5.74) is 4.11. The number of rotatable bonds is 5. The van der Waals surface area contributed by atoms with E-state index in [1.54, 1.807) is 0 Å². The average Bonchev–Trinajstić information content (AvgIpc) is 2.49. The molecule has 0 spiro atoms. The van der Waals surface area contributed by atoms with Crippen LogP contribution in [0.1, 0.15) is 16.7 Å². The van der Waals surface area contributed by atoms with E-state index in [9.17, 15) is 17.6 Å². The van der Waals surface area contributed by atoms with E-state index in [1.165, 1.54) is 36.4 Å². The molecular formula is C16H16ClF4N. The van der Waals surface area contributed by atoms with Crippen molar-refractivity contribution in [1.82, 2.24) is 0 Å². The summed E-state index contributed by atoms with van der Waals surface area (Å²) in [5.74, 6) is -8.60. The summed E-state index contributed by atoms with van der Waals surface area (Å²) in [6, 6.07) is 11.4. The van der Waals surface area contributed by atoms with Crippen LogP contribution >= 0.6 is 12.4 Å². The largest absolute Gasteiger partial charge is 0.340 e. The normalized spacial score (nSPS) is 11.9. The third kappa shape index (κ3) is 3.25. The van der Waals surface area contributed by atoms with Crippen molar-refractivity contribution in [1.29, 1.82) is 0 Å². The second kappa shape index (κ2) is 7.11. The van der Waals surface area contributed by atoms with Gasteiger partial charge in [0.25, 0.3) is 0 Å². The number of benzene rings is 2. The van der Waals surface area contributed by atoms with Gasteiger partial charge in [0.1, 0.15) is 0 Å². The molecule has 6 heteroatoms. The first-order valence-electron chi connectivity index (χ1n) is 6.51. The number of alkyl halides is 4. The lowest BCUT2D eigenvalue weighted by Crippen LogP contribution is -2.36. The van der Waals surface area contributed by atoms with Gasteiger partial charge in [-0.05, 0) is 18.5 Å². The van der Waals surface area contributed by atoms with Crippen molar-refractivity contribution in [2.75, 3.05) is 6.54 Å². The maximum Gasteiger partial charge on any atom is 0.340 e. The Morgan fingerprint density at radius 2 is 1.32 bits per heavy atom. The van der Waals surface area contributed by atoms with E-state index in [4.69, 9.17) is 5.73 Å². The van der Waals surface area contributed by atoms with Crippen molar-refractivity contribution in [3.05, 3.63) is 71.3 Å². The predicted octanol–water partition coefficient (Wildman–Crippen LogP) is 4.49. The molecule has 1 nitrogen and oxygen atoms in total. The number of nitrogens with two attached hydrogens (primary N) is 1. The van der Waals surface area contributed by atoms with Crippen LogP contribution in [-0.4, -0.2) is 6.54 Å². The van der Waals surface area contributed by atoms with Crippen LogP contribution < -0.4 is 5.73 Å². The van der Waals surface area contributed by atoms with Crippen LogP contribution in [0.2, 0.25) is 0 Å². The third-order valence-corrected chi connectivity index (χ3v) is 3.30. The number of halogens is 5. The van der Waals surface area contributed by atoms with Crippen LogP contribution in [0.3, 0.4) is 0 Å². The van der Waals surface area contributed by atoms with Crippen molar-refractivity contribution < 1.29 is 17.6 Å². The van der Waals surface area contributed by atoms with Gasteiger partial charge in [-0.25, -0.2) is 0 Å². The molecule has 2 N–H and O–H groups in total. The molecule has 0 heterocycles. The van der Waals surface area contributed by atoms with Crippen molar-refractivity contribution >= 4 is 12.4 Å². The quantitative estimate of drug-likeness (QED) is 0.801. The fourth-order valence-electron chi connectivity index (χ4n) is 2.20. The minimum absolute atomic E-state index is 0. The number of hydrogen-bond acceptors (Lipinski definition) is 1. The molecule has 2 aromatic rings. The van der Waals surface area contributed by atoms with Gasteiger partial charge in [0, 0.05) is 11.1 Å². The molecule has 0 aliphatic rings. The Hall–Kier alpha value is -1.59. The lowest BCUT2D eigenvalue weighted by atomic mass is 9.91. The topological polar surface area (TPSA) is 26.0 Å². The standard InChI is InChI=1S/C16H15F4N.ClH/c17-15(18,13-7-2-1-3-8-13)16(19,20)14-9-5-4-6-12(14)10-11-21;/h1-9H,10-11,21H2;1H. The van der Waals surface area contributed by atoms with Gasteiger partial charge in [0.15, 0.2) is 0 Å². The molecule has 0 radical (unpaired) electrons. The van der Waals surface area contributed by atoms with Gasteiger partial charge in [0.05, 0.1) is 0 Å². The molecule has 0 amide bonds. The van der Waals surface area contributed by atoms with Crippen LogP contribution in [0.25, 0.3) is 0 Å². The van der Waals surface area contributed by atoms with E-state index < -0.39 is 23.0 Å². The first-order valence-corrected chi connectivity index (χ1v) is 6.51. The van der Waals surface area contributed by atoms with E-state index in [2.05, 4.69) is 0 Å². The Morgan fingerprint density at radius 1 is 0.773 bits per heavy atom. The Labute approximate surface area is 132 Å². The monoisotopic (exact) mass is 333 g/mol. The van der Waals surface area contributed by atoms with E-state index >= 15 is 0 Å². The maximum atomic E-state index is 14.4. The fourth-order valence-corrected chi connectivity index (χ4v) is 2.20. The molecule has 2 aromatic carbocycles. The highest BCUT2D eigenvalue weighted by molar-refractivity contribution is 5.85. The van der Waals surface area contributed by atoms with Gasteiger partial charge in [-0.2, -0.15) is 17.6 Å². The van der Waals surface area contributed by atoms with E-state index in [0.717, 1.165) is 18.2 Å².